The summed E-state index contributed by atoms with van der Waals surface area (Å²) in [7, 11) is 0. The number of rotatable bonds is 0. The molecule has 0 spiro atoms. The molecule has 1 N–H and O–H groups in total. The zero-order chi connectivity index (χ0) is 7.84. The molecule has 0 saturated carbocycles. The fourth-order valence-corrected chi connectivity index (χ4v) is 1.67. The maximum atomic E-state index is 3.41. The third-order valence-corrected chi connectivity index (χ3v) is 2.48. The molecule has 11 heavy (non-hydrogen) atoms. The quantitative estimate of drug-likeness (QED) is 0.580. The van der Waals surface area contributed by atoms with Gasteiger partial charge in [-0.3, -0.25) is 0 Å². The smallest absolute Gasteiger partial charge is 0.0228 e. The molecule has 0 saturated heterocycles. The highest BCUT2D eigenvalue weighted by atomic mass is 14.7. The van der Waals surface area contributed by atoms with Crippen LogP contribution < -0.4 is 0 Å². The number of aryl methyl sites for hydroxylation is 2. The van der Waals surface area contributed by atoms with Crippen LogP contribution in [0.2, 0.25) is 0 Å². The molecule has 0 atom stereocenters. The molecule has 0 aromatic carbocycles. The molecule has 0 unspecified atom stereocenters. The zero-order valence-electron chi connectivity index (χ0n) is 7.07. The van der Waals surface area contributed by atoms with Crippen LogP contribution in [0.3, 0.4) is 0 Å². The summed E-state index contributed by atoms with van der Waals surface area (Å²) < 4.78 is 0. The molecule has 0 fully saturated rings. The van der Waals surface area contributed by atoms with E-state index < -0.39 is 0 Å². The minimum Gasteiger partial charge on any atom is -0.362 e. The lowest BCUT2D eigenvalue weighted by molar-refractivity contribution is 0.938. The van der Waals surface area contributed by atoms with Gasteiger partial charge in [0.1, 0.15) is 0 Å². The first-order valence-corrected chi connectivity index (χ1v) is 4.13. The van der Waals surface area contributed by atoms with Crippen molar-refractivity contribution in [2.24, 2.45) is 0 Å². The van der Waals surface area contributed by atoms with Crippen LogP contribution in [0.5, 0.6) is 0 Å². The second-order valence-corrected chi connectivity index (χ2v) is 3.21. The summed E-state index contributed by atoms with van der Waals surface area (Å²) in [5.74, 6) is 0. The average Bonchev–Trinajstić information content (AvgIpc) is 2.30. The van der Waals surface area contributed by atoms with E-state index in [1.165, 1.54) is 35.4 Å². The highest BCUT2D eigenvalue weighted by Crippen LogP contribution is 2.23. The predicted octanol–water partition coefficient (Wildman–Crippen LogP) is 2.59. The molecule has 1 heteroatoms. The topological polar surface area (TPSA) is 15.8 Å². The van der Waals surface area contributed by atoms with E-state index in [4.69, 9.17) is 0 Å². The molecule has 2 rings (SSSR count). The summed E-state index contributed by atoms with van der Waals surface area (Å²) in [6, 6.07) is 0. The van der Waals surface area contributed by atoms with Gasteiger partial charge in [0.15, 0.2) is 0 Å². The van der Waals surface area contributed by atoms with Crippen LogP contribution in [-0.2, 0) is 6.42 Å². The van der Waals surface area contributed by atoms with Crippen molar-refractivity contribution in [3.63, 3.8) is 0 Å². The van der Waals surface area contributed by atoms with E-state index in [1.807, 2.05) is 0 Å². The summed E-state index contributed by atoms with van der Waals surface area (Å²) in [6.07, 6.45) is 6.85. The second kappa shape index (κ2) is 2.26. The Hall–Kier alpha value is -0.980. The Kier molecular flexibility index (Phi) is 1.38. The highest BCUT2D eigenvalue weighted by molar-refractivity contribution is 5.60. The fraction of sp³-hybridized carbons (Fsp3) is 0.400. The van der Waals surface area contributed by atoms with Crippen LogP contribution in [0, 0.1) is 13.8 Å². The lowest BCUT2D eigenvalue weighted by atomic mass is 10.0. The molecule has 0 radical (unpaired) electrons. The van der Waals surface area contributed by atoms with Crippen molar-refractivity contribution in [3.05, 3.63) is 28.6 Å². The minimum atomic E-state index is 1.18. The number of H-pyrrole nitrogens is 1. The van der Waals surface area contributed by atoms with E-state index in [2.05, 4.69) is 31.0 Å². The molecule has 1 aromatic rings. The Labute approximate surface area is 67.1 Å². The van der Waals surface area contributed by atoms with Crippen LogP contribution in [0.1, 0.15) is 28.9 Å². The number of hydrogen-bond donors (Lipinski definition) is 1. The summed E-state index contributed by atoms with van der Waals surface area (Å²) in [4.78, 5) is 3.41. The Morgan fingerprint density at radius 1 is 1.36 bits per heavy atom. The van der Waals surface area contributed by atoms with Crippen molar-refractivity contribution in [1.82, 2.24) is 4.98 Å². The SMILES string of the molecule is Cc1[nH]c2c(c1C)C=CCC2. The third kappa shape index (κ3) is 0.917. The largest absolute Gasteiger partial charge is 0.362 e. The fourth-order valence-electron chi connectivity index (χ4n) is 1.67. The van der Waals surface area contributed by atoms with Crippen molar-refractivity contribution in [1.29, 1.82) is 0 Å². The van der Waals surface area contributed by atoms with Crippen molar-refractivity contribution in [2.75, 3.05) is 0 Å². The van der Waals surface area contributed by atoms with Crippen LogP contribution in [0.25, 0.3) is 6.08 Å². The van der Waals surface area contributed by atoms with Gasteiger partial charge in [-0.15, -0.1) is 0 Å². The number of aromatic nitrogens is 1. The number of fused-ring (bicyclic) bond motifs is 1. The van der Waals surface area contributed by atoms with E-state index in [-0.39, 0.29) is 0 Å². The molecule has 0 amide bonds. The Morgan fingerprint density at radius 3 is 2.91 bits per heavy atom. The molecule has 0 bridgehead atoms. The number of nitrogens with one attached hydrogen (secondary N) is 1. The van der Waals surface area contributed by atoms with Crippen molar-refractivity contribution >= 4 is 6.08 Å². The number of allylic oxidation sites excluding steroid dienone is 1. The van der Waals surface area contributed by atoms with E-state index in [9.17, 15) is 0 Å². The van der Waals surface area contributed by atoms with E-state index >= 15 is 0 Å². The van der Waals surface area contributed by atoms with E-state index in [1.54, 1.807) is 0 Å². The van der Waals surface area contributed by atoms with Gasteiger partial charge in [-0.2, -0.15) is 0 Å². The van der Waals surface area contributed by atoms with Gasteiger partial charge in [0.25, 0.3) is 0 Å². The van der Waals surface area contributed by atoms with Gasteiger partial charge in [-0.05, 0) is 37.8 Å². The second-order valence-electron chi connectivity index (χ2n) is 3.21. The average molecular weight is 147 g/mol. The molecular weight excluding hydrogens is 134 g/mol. The summed E-state index contributed by atoms with van der Waals surface area (Å²) >= 11 is 0. The van der Waals surface area contributed by atoms with Crippen LogP contribution in [0.4, 0.5) is 0 Å². The van der Waals surface area contributed by atoms with Crippen molar-refractivity contribution in [3.8, 4) is 0 Å². The van der Waals surface area contributed by atoms with E-state index in [0.29, 0.717) is 0 Å². The normalized spacial score (nSPS) is 15.1. The Morgan fingerprint density at radius 2 is 2.18 bits per heavy atom. The predicted molar refractivity (Wildman–Crippen MR) is 47.6 cm³/mol. The molecule has 1 aliphatic rings. The summed E-state index contributed by atoms with van der Waals surface area (Å²) in [6.45, 7) is 4.32. The summed E-state index contributed by atoms with van der Waals surface area (Å²) in [5.41, 5.74) is 5.58. The van der Waals surface area contributed by atoms with Gasteiger partial charge in [0.05, 0.1) is 0 Å². The van der Waals surface area contributed by atoms with Gasteiger partial charge < -0.3 is 4.98 Å². The van der Waals surface area contributed by atoms with Crippen LogP contribution in [0.15, 0.2) is 6.08 Å². The number of aromatic amines is 1. The number of hydrogen-bond acceptors (Lipinski definition) is 0. The van der Waals surface area contributed by atoms with Gasteiger partial charge in [-0.25, -0.2) is 0 Å². The Bertz CT molecular complexity index is 305. The maximum absolute atomic E-state index is 3.41. The molecule has 1 aromatic heterocycles. The molecule has 1 heterocycles. The first-order valence-electron chi connectivity index (χ1n) is 4.13. The lowest BCUT2D eigenvalue weighted by Crippen LogP contribution is -1.91. The van der Waals surface area contributed by atoms with Gasteiger partial charge in [0, 0.05) is 11.4 Å². The van der Waals surface area contributed by atoms with E-state index in [0.717, 1.165) is 0 Å². The van der Waals surface area contributed by atoms with Crippen LogP contribution in [-0.4, -0.2) is 4.98 Å². The van der Waals surface area contributed by atoms with Gasteiger partial charge in [-0.1, -0.05) is 12.2 Å². The minimum absolute atomic E-state index is 1.18. The maximum Gasteiger partial charge on any atom is 0.0228 e. The highest BCUT2D eigenvalue weighted by Gasteiger charge is 2.10. The molecular formula is C10H13N. The lowest BCUT2D eigenvalue weighted by Gasteiger charge is -2.03. The third-order valence-electron chi connectivity index (χ3n) is 2.48. The first-order chi connectivity index (χ1) is 5.29. The van der Waals surface area contributed by atoms with Crippen molar-refractivity contribution in [2.45, 2.75) is 26.7 Å². The molecule has 1 nitrogen and oxygen atoms in total. The first kappa shape index (κ1) is 6.71. The molecule has 1 aliphatic carbocycles. The van der Waals surface area contributed by atoms with Crippen molar-refractivity contribution < 1.29 is 0 Å². The van der Waals surface area contributed by atoms with Crippen LogP contribution >= 0.6 is 0 Å². The monoisotopic (exact) mass is 147 g/mol. The Balaban J connectivity index is 2.61. The zero-order valence-corrected chi connectivity index (χ0v) is 7.07. The molecule has 0 aliphatic heterocycles. The van der Waals surface area contributed by atoms with Gasteiger partial charge >= 0.3 is 0 Å². The molecule has 58 valence electrons. The van der Waals surface area contributed by atoms with Gasteiger partial charge in [0.2, 0.25) is 0 Å². The summed E-state index contributed by atoms with van der Waals surface area (Å²) in [5, 5.41) is 0. The standard InChI is InChI=1S/C10H13N/c1-7-8(2)11-10-6-4-3-5-9(7)10/h3,5,11H,4,6H2,1-2H3.